The van der Waals surface area contributed by atoms with E-state index in [2.05, 4.69) is 307 Å². The lowest BCUT2D eigenvalue weighted by Gasteiger charge is -2.11. The summed E-state index contributed by atoms with van der Waals surface area (Å²) in [6.07, 6.45) is 14.9. The molecule has 0 atom stereocenters. The minimum Gasteiger partial charge on any atom is -0.464 e. The van der Waals surface area contributed by atoms with Crippen LogP contribution in [0.1, 0.15) is 245 Å². The Labute approximate surface area is 652 Å². The zero-order valence-electron chi connectivity index (χ0n) is 68.3. The number of fused-ring (bicyclic) bond motifs is 9. The Bertz CT molecular complexity index is 5140. The summed E-state index contributed by atoms with van der Waals surface area (Å²) in [5.74, 6) is 6.25. The van der Waals surface area contributed by atoms with E-state index in [1.54, 1.807) is 6.26 Å². The van der Waals surface area contributed by atoms with Gasteiger partial charge in [0.15, 0.2) is 11.8 Å². The van der Waals surface area contributed by atoms with E-state index in [1.807, 2.05) is 73.4 Å². The van der Waals surface area contributed by atoms with Gasteiger partial charge >= 0.3 is 0 Å². The molecule has 0 unspecified atom stereocenters. The highest BCUT2D eigenvalue weighted by Crippen LogP contribution is 2.34. The lowest BCUT2D eigenvalue weighted by molar-refractivity contribution is 0.615. The average Bonchev–Trinajstić information content (AvgIpc) is 1.66. The van der Waals surface area contributed by atoms with Gasteiger partial charge in [0.25, 0.3) is 0 Å². The normalized spacial score (nSPS) is 12.4. The van der Waals surface area contributed by atoms with Crippen LogP contribution in [0.25, 0.3) is 65.7 Å². The number of aromatic nitrogens is 9. The van der Waals surface area contributed by atoms with E-state index in [1.165, 1.54) is 130 Å². The topological polar surface area (TPSA) is 232 Å². The quantitative estimate of drug-likeness (QED) is 0.0657. The third-order valence-electron chi connectivity index (χ3n) is 20.6. The standard InChI is InChI=1S/C11H15N.C11H13N.C11H15N.C11H13N.C11H12O.2C10H13N3.C10H14N2.C10H12N2/c2*1-8(2)9-3-4-11-10(7-9)5-6-12-11;2*1-8(2)10-5-3-4-9-6-7-12-11(9)10;1-8(2)9-3-4-11-10(7-9)5-6-12-11;1-6(2)7-4-3-5-8-9(7)13-10(11)12-8;1-6(2)7-4-3-5-8-9(7)12-13-10(8)11;2*1-7(2)8-3-5-11-9-4-6-12-10(8)9/h3-4,7-8,12H,5-6H2,1-2H3;3-8,12H,1-2H3;3-5,8,12H,6-7H2,1-2H3;3-8,12H,1-2H3;3-8H,1-2H3;2*3-6H,1-2H3,(H3,11,12,13);3,5,7,12H,4,6H2,1-2H3;3-7,12H,1-2H3. The molecule has 3 aliphatic heterocycles. The summed E-state index contributed by atoms with van der Waals surface area (Å²) >= 11 is 0. The van der Waals surface area contributed by atoms with E-state index in [-0.39, 0.29) is 0 Å². The SMILES string of the molecule is CC(C)c1ccc2[nH]ccc2c1.CC(C)c1ccc2c(c1)CCN2.CC(C)c1ccc2occc2c1.CC(C)c1cccc2[nH]c(N)nc12.CC(C)c1cccc2c(N)n[nH]c12.CC(C)c1cccc2c1NCC2.CC(C)c1cccc2cc[nH]c12.CC(C)c1ccnc2c1NCC2.CC(C)c1ccnc2cc[nH]c12. The molecular formula is C95H120N14O. The van der Waals surface area contributed by atoms with Crippen LogP contribution < -0.4 is 27.4 Å². The molecule has 110 heavy (non-hydrogen) atoms. The number of nitrogens with zero attached hydrogens (tertiary/aromatic N) is 4. The molecule has 12 N–H and O–H groups in total. The highest BCUT2D eigenvalue weighted by atomic mass is 16.3. The van der Waals surface area contributed by atoms with Crippen LogP contribution in [0.15, 0.2) is 205 Å². The number of furan rings is 1. The first kappa shape index (κ1) is 81.5. The van der Waals surface area contributed by atoms with Crippen LogP contribution in [0.4, 0.5) is 28.8 Å². The lowest BCUT2D eigenvalue weighted by atomic mass is 9.98. The van der Waals surface area contributed by atoms with Gasteiger partial charge in [-0.2, -0.15) is 5.10 Å². The summed E-state index contributed by atoms with van der Waals surface area (Å²) in [6.45, 7) is 42.9. The fraction of sp³-hybridized carbons (Fsp3) is 0.347. The number of hydrogen-bond acceptors (Lipinski definition) is 10. The molecule has 0 bridgehead atoms. The van der Waals surface area contributed by atoms with Crippen molar-refractivity contribution in [3.8, 4) is 0 Å². The largest absolute Gasteiger partial charge is 0.464 e. The van der Waals surface area contributed by atoms with E-state index in [0.29, 0.717) is 65.0 Å². The second-order valence-corrected chi connectivity index (χ2v) is 31.7. The first-order valence-corrected chi connectivity index (χ1v) is 39.8. The Hall–Kier alpha value is -11.1. The summed E-state index contributed by atoms with van der Waals surface area (Å²) in [4.78, 5) is 25.5. The molecule has 7 aromatic carbocycles. The fourth-order valence-electron chi connectivity index (χ4n) is 14.2. The molecule has 15 aromatic rings. The van der Waals surface area contributed by atoms with Crippen molar-refractivity contribution >= 4 is 94.6 Å². The van der Waals surface area contributed by atoms with Crippen molar-refractivity contribution in [2.45, 2.75) is 197 Å². The van der Waals surface area contributed by atoms with Crippen molar-refractivity contribution in [3.63, 3.8) is 0 Å². The molecule has 0 radical (unpaired) electrons. The summed E-state index contributed by atoms with van der Waals surface area (Å²) in [5, 5.41) is 22.0. The molecule has 576 valence electrons. The summed E-state index contributed by atoms with van der Waals surface area (Å²) in [7, 11) is 0. The molecule has 8 aromatic heterocycles. The second-order valence-electron chi connectivity index (χ2n) is 31.7. The number of nitrogens with two attached hydrogens (primary N) is 2. The van der Waals surface area contributed by atoms with E-state index >= 15 is 0 Å². The second kappa shape index (κ2) is 38.3. The molecule has 3 aliphatic rings. The molecule has 18 rings (SSSR count). The van der Waals surface area contributed by atoms with Gasteiger partial charge in [0.1, 0.15) is 5.58 Å². The number of benzene rings is 7. The number of rotatable bonds is 9. The number of aromatic amines is 5. The van der Waals surface area contributed by atoms with E-state index in [0.717, 1.165) is 59.1 Å². The van der Waals surface area contributed by atoms with Crippen LogP contribution >= 0.6 is 0 Å². The van der Waals surface area contributed by atoms with Crippen LogP contribution in [0.2, 0.25) is 0 Å². The van der Waals surface area contributed by atoms with Crippen LogP contribution in [0.3, 0.4) is 0 Å². The van der Waals surface area contributed by atoms with Crippen molar-refractivity contribution in [2.24, 2.45) is 0 Å². The zero-order chi connectivity index (χ0) is 78.7. The smallest absolute Gasteiger partial charge is 0.198 e. The van der Waals surface area contributed by atoms with E-state index in [9.17, 15) is 0 Å². The lowest BCUT2D eigenvalue weighted by Crippen LogP contribution is -1.97. The van der Waals surface area contributed by atoms with Gasteiger partial charge in [-0.1, -0.05) is 210 Å². The van der Waals surface area contributed by atoms with Gasteiger partial charge < -0.3 is 51.8 Å². The number of nitrogens with one attached hydrogen (secondary N) is 8. The Balaban J connectivity index is 0.000000132. The van der Waals surface area contributed by atoms with Crippen LogP contribution in [0.5, 0.6) is 0 Å². The number of hydrogen-bond donors (Lipinski definition) is 10. The average molecular weight is 1470 g/mol. The van der Waals surface area contributed by atoms with Gasteiger partial charge in [-0.3, -0.25) is 15.1 Å². The van der Waals surface area contributed by atoms with E-state index in [4.69, 9.17) is 15.9 Å². The van der Waals surface area contributed by atoms with E-state index < -0.39 is 0 Å². The zero-order valence-corrected chi connectivity index (χ0v) is 68.3. The monoisotopic (exact) mass is 1470 g/mol. The first-order valence-electron chi connectivity index (χ1n) is 39.8. The van der Waals surface area contributed by atoms with Gasteiger partial charge in [-0.05, 0) is 217 Å². The van der Waals surface area contributed by atoms with Crippen molar-refractivity contribution in [1.82, 2.24) is 45.1 Å². The Morgan fingerprint density at radius 2 is 0.927 bits per heavy atom. The number of anilines is 5. The maximum Gasteiger partial charge on any atom is 0.198 e. The van der Waals surface area contributed by atoms with Gasteiger partial charge in [0.05, 0.1) is 45.2 Å². The predicted molar refractivity (Wildman–Crippen MR) is 470 cm³/mol. The van der Waals surface area contributed by atoms with Gasteiger partial charge in [0.2, 0.25) is 0 Å². The van der Waals surface area contributed by atoms with Crippen LogP contribution in [0, 0.1) is 0 Å². The first-order chi connectivity index (χ1) is 52.8. The van der Waals surface area contributed by atoms with Crippen LogP contribution in [-0.2, 0) is 19.3 Å². The van der Waals surface area contributed by atoms with Crippen molar-refractivity contribution in [3.05, 3.63) is 268 Å². The number of pyridine rings is 2. The Morgan fingerprint density at radius 3 is 1.65 bits per heavy atom. The summed E-state index contributed by atoms with van der Waals surface area (Å²) in [5.41, 5.74) is 40.6. The van der Waals surface area contributed by atoms with Crippen molar-refractivity contribution < 1.29 is 4.42 Å². The molecule has 0 aliphatic carbocycles. The van der Waals surface area contributed by atoms with Gasteiger partial charge in [-0.15, -0.1) is 0 Å². The number of H-pyrrole nitrogens is 5. The number of imidazole rings is 1. The third kappa shape index (κ3) is 20.8. The summed E-state index contributed by atoms with van der Waals surface area (Å²) in [6, 6.07) is 57.4. The minimum absolute atomic E-state index is 0.478. The highest BCUT2D eigenvalue weighted by molar-refractivity contribution is 5.91. The molecular weight excluding hydrogens is 1350 g/mol. The summed E-state index contributed by atoms with van der Waals surface area (Å²) < 4.78 is 5.25. The molecule has 0 fully saturated rings. The Morgan fingerprint density at radius 1 is 0.391 bits per heavy atom. The minimum atomic E-state index is 0.478. The molecule has 0 amide bonds. The molecule has 15 nitrogen and oxygen atoms in total. The molecule has 0 saturated carbocycles. The van der Waals surface area contributed by atoms with Gasteiger partial charge in [-0.25, -0.2) is 4.98 Å². The van der Waals surface area contributed by atoms with Gasteiger partial charge in [0, 0.05) is 90.2 Å². The maximum absolute atomic E-state index is 5.70. The molecule has 11 heterocycles. The molecule has 0 spiro atoms. The maximum atomic E-state index is 5.70. The van der Waals surface area contributed by atoms with Crippen molar-refractivity contribution in [2.75, 3.05) is 47.1 Å². The Kier molecular flexibility index (Phi) is 28.4. The van der Waals surface area contributed by atoms with Crippen molar-refractivity contribution in [1.29, 1.82) is 0 Å². The number of para-hydroxylation sites is 4. The highest BCUT2D eigenvalue weighted by Gasteiger charge is 2.19. The molecule has 15 heteroatoms. The predicted octanol–water partition coefficient (Wildman–Crippen LogP) is 25.1. The van der Waals surface area contributed by atoms with Crippen LogP contribution in [-0.4, -0.2) is 64.7 Å². The molecule has 0 saturated heterocycles. The fourth-order valence-corrected chi connectivity index (χ4v) is 14.2. The number of nitrogen functional groups attached to an aromatic ring is 2. The third-order valence-corrected chi connectivity index (χ3v) is 20.6.